The summed E-state index contributed by atoms with van der Waals surface area (Å²) in [5, 5.41) is 17.0. The van der Waals surface area contributed by atoms with Gasteiger partial charge in [0.2, 0.25) is 0 Å². The van der Waals surface area contributed by atoms with Crippen LogP contribution in [0.1, 0.15) is 25.7 Å². The summed E-state index contributed by atoms with van der Waals surface area (Å²) in [4.78, 5) is 1.86. The van der Waals surface area contributed by atoms with E-state index in [1.165, 1.54) is 0 Å². The first kappa shape index (κ1) is 10.7. The fourth-order valence-corrected chi connectivity index (χ4v) is 2.51. The highest BCUT2D eigenvalue weighted by atomic mass is 16.5. The first-order valence-corrected chi connectivity index (χ1v) is 5.52. The second kappa shape index (κ2) is 3.98. The van der Waals surface area contributed by atoms with Gasteiger partial charge in [-0.3, -0.25) is 5.41 Å². The molecule has 0 aromatic carbocycles. The normalized spacial score (nSPS) is 30.5. The third-order valence-corrected chi connectivity index (χ3v) is 3.48. The van der Waals surface area contributed by atoms with Crippen LogP contribution in [0.25, 0.3) is 0 Å². The third-order valence-electron chi connectivity index (χ3n) is 3.48. The van der Waals surface area contributed by atoms with E-state index in [1.807, 2.05) is 4.90 Å². The lowest BCUT2D eigenvalue weighted by molar-refractivity contribution is -0.138. The maximum Gasteiger partial charge on any atom is 0.188 e. The molecule has 0 aliphatic carbocycles. The average Bonchev–Trinajstić information content (AvgIpc) is 2.18. The Hall–Kier alpha value is -0.810. The van der Waals surface area contributed by atoms with Crippen LogP contribution in [0, 0.1) is 5.41 Å². The van der Waals surface area contributed by atoms with Crippen LogP contribution < -0.4 is 5.73 Å². The minimum Gasteiger partial charge on any atom is -0.393 e. The molecule has 5 heteroatoms. The predicted octanol–water partition coefficient (Wildman–Crippen LogP) is -0.114. The van der Waals surface area contributed by atoms with Crippen molar-refractivity contribution >= 4 is 5.96 Å². The largest absolute Gasteiger partial charge is 0.393 e. The van der Waals surface area contributed by atoms with E-state index in [9.17, 15) is 5.11 Å². The van der Waals surface area contributed by atoms with Crippen LogP contribution in [-0.4, -0.2) is 47.4 Å². The second-order valence-electron chi connectivity index (χ2n) is 4.55. The van der Waals surface area contributed by atoms with E-state index in [4.69, 9.17) is 15.9 Å². The Morgan fingerprint density at radius 3 is 2.67 bits per heavy atom. The van der Waals surface area contributed by atoms with Gasteiger partial charge in [0.1, 0.15) is 0 Å². The van der Waals surface area contributed by atoms with Crippen molar-refractivity contribution in [1.82, 2.24) is 4.90 Å². The van der Waals surface area contributed by atoms with E-state index in [2.05, 4.69) is 0 Å². The molecule has 5 nitrogen and oxygen atoms in total. The Labute approximate surface area is 89.7 Å². The number of ether oxygens (including phenoxy) is 1. The summed E-state index contributed by atoms with van der Waals surface area (Å²) in [6.07, 6.45) is 2.99. The molecule has 0 saturated carbocycles. The summed E-state index contributed by atoms with van der Waals surface area (Å²) in [7, 11) is 0. The van der Waals surface area contributed by atoms with Gasteiger partial charge in [-0.15, -0.1) is 0 Å². The van der Waals surface area contributed by atoms with Gasteiger partial charge in [0, 0.05) is 26.1 Å². The van der Waals surface area contributed by atoms with E-state index in [0.29, 0.717) is 6.61 Å². The van der Waals surface area contributed by atoms with E-state index >= 15 is 0 Å². The van der Waals surface area contributed by atoms with Crippen LogP contribution in [0.4, 0.5) is 0 Å². The first-order chi connectivity index (χ1) is 7.11. The Bertz CT molecular complexity index is 249. The summed E-state index contributed by atoms with van der Waals surface area (Å²) in [6.45, 7) is 2.19. The van der Waals surface area contributed by atoms with E-state index in [-0.39, 0.29) is 17.7 Å². The molecule has 2 rings (SSSR count). The highest BCUT2D eigenvalue weighted by Gasteiger charge is 2.39. The number of rotatable bonds is 0. The number of hydrogen-bond acceptors (Lipinski definition) is 3. The number of guanidine groups is 1. The van der Waals surface area contributed by atoms with Crippen LogP contribution in [0.5, 0.6) is 0 Å². The van der Waals surface area contributed by atoms with Gasteiger partial charge in [-0.05, 0) is 19.3 Å². The lowest BCUT2D eigenvalue weighted by Gasteiger charge is -2.45. The lowest BCUT2D eigenvalue weighted by Crippen LogP contribution is -2.52. The highest BCUT2D eigenvalue weighted by molar-refractivity contribution is 5.74. The third kappa shape index (κ3) is 2.23. The molecule has 0 unspecified atom stereocenters. The van der Waals surface area contributed by atoms with Crippen molar-refractivity contribution in [3.05, 3.63) is 0 Å². The molecule has 4 N–H and O–H groups in total. The molecule has 0 aromatic rings. The Kier molecular flexibility index (Phi) is 2.84. The molecule has 15 heavy (non-hydrogen) atoms. The zero-order valence-electron chi connectivity index (χ0n) is 8.91. The monoisotopic (exact) mass is 213 g/mol. The summed E-state index contributed by atoms with van der Waals surface area (Å²) in [5.74, 6) is 0.140. The summed E-state index contributed by atoms with van der Waals surface area (Å²) in [6, 6.07) is 0. The van der Waals surface area contributed by atoms with Crippen molar-refractivity contribution < 1.29 is 9.84 Å². The Morgan fingerprint density at radius 1 is 1.47 bits per heavy atom. The predicted molar refractivity (Wildman–Crippen MR) is 56.6 cm³/mol. The molecule has 0 radical (unpaired) electrons. The molecule has 1 atom stereocenters. The molecular weight excluding hydrogens is 194 g/mol. The van der Waals surface area contributed by atoms with E-state index < -0.39 is 0 Å². The molecular formula is C10H19N3O2. The number of hydrogen-bond donors (Lipinski definition) is 3. The number of nitrogens with zero attached hydrogens (tertiary/aromatic N) is 1. The topological polar surface area (TPSA) is 82.6 Å². The summed E-state index contributed by atoms with van der Waals surface area (Å²) >= 11 is 0. The number of aliphatic hydroxyl groups excluding tert-OH is 1. The van der Waals surface area contributed by atoms with Crippen molar-refractivity contribution in [2.45, 2.75) is 37.4 Å². The van der Waals surface area contributed by atoms with Crippen molar-refractivity contribution in [2.24, 2.45) is 5.73 Å². The molecule has 0 bridgehead atoms. The Morgan fingerprint density at radius 2 is 2.13 bits per heavy atom. The standard InChI is InChI=1S/C10H19N3O2/c11-9(12)13-4-2-10(3-5-13)7-8(14)1-6-15-10/h8,14H,1-7H2,(H3,11,12)/t8-/m0/s1. The fraction of sp³-hybridized carbons (Fsp3) is 0.900. The van der Waals surface area contributed by atoms with Crippen molar-refractivity contribution in [3.8, 4) is 0 Å². The summed E-state index contributed by atoms with van der Waals surface area (Å²) < 4.78 is 5.81. The van der Waals surface area contributed by atoms with E-state index in [1.54, 1.807) is 0 Å². The van der Waals surface area contributed by atoms with Gasteiger partial charge in [0.15, 0.2) is 5.96 Å². The molecule has 2 aliphatic heterocycles. The second-order valence-corrected chi connectivity index (χ2v) is 4.55. The van der Waals surface area contributed by atoms with Crippen LogP contribution >= 0.6 is 0 Å². The van der Waals surface area contributed by atoms with Crippen molar-refractivity contribution in [2.75, 3.05) is 19.7 Å². The lowest BCUT2D eigenvalue weighted by atomic mass is 9.83. The van der Waals surface area contributed by atoms with Gasteiger partial charge in [-0.2, -0.15) is 0 Å². The zero-order valence-corrected chi connectivity index (χ0v) is 8.91. The smallest absolute Gasteiger partial charge is 0.188 e. The van der Waals surface area contributed by atoms with E-state index in [0.717, 1.165) is 38.8 Å². The molecule has 2 aliphatic rings. The number of aliphatic hydroxyl groups is 1. The van der Waals surface area contributed by atoms with Crippen molar-refractivity contribution in [1.29, 1.82) is 5.41 Å². The van der Waals surface area contributed by atoms with Crippen LogP contribution in [-0.2, 0) is 4.74 Å². The summed E-state index contributed by atoms with van der Waals surface area (Å²) in [5.41, 5.74) is 5.28. The van der Waals surface area contributed by atoms with Gasteiger partial charge >= 0.3 is 0 Å². The zero-order chi connectivity index (χ0) is 10.9. The maximum absolute atomic E-state index is 9.64. The molecule has 1 spiro atoms. The molecule has 86 valence electrons. The van der Waals surface area contributed by atoms with Gasteiger partial charge in [-0.1, -0.05) is 0 Å². The molecule has 2 saturated heterocycles. The quantitative estimate of drug-likeness (QED) is 0.387. The number of piperidine rings is 1. The number of nitrogens with one attached hydrogen (secondary N) is 1. The SMILES string of the molecule is N=C(N)N1CCC2(CC1)C[C@@H](O)CCO2. The van der Waals surface area contributed by atoms with Crippen LogP contribution in [0.2, 0.25) is 0 Å². The van der Waals surface area contributed by atoms with Gasteiger partial charge in [0.05, 0.1) is 11.7 Å². The van der Waals surface area contributed by atoms with Gasteiger partial charge in [0.25, 0.3) is 0 Å². The van der Waals surface area contributed by atoms with Crippen LogP contribution in [0.3, 0.4) is 0 Å². The minimum absolute atomic E-state index is 0.140. The first-order valence-electron chi connectivity index (χ1n) is 5.52. The molecule has 2 heterocycles. The van der Waals surface area contributed by atoms with Crippen LogP contribution in [0.15, 0.2) is 0 Å². The highest BCUT2D eigenvalue weighted by Crippen LogP contribution is 2.34. The maximum atomic E-state index is 9.64. The Balaban J connectivity index is 1.93. The van der Waals surface area contributed by atoms with Gasteiger partial charge < -0.3 is 20.5 Å². The minimum atomic E-state index is -0.220. The number of likely N-dealkylation sites (tertiary alicyclic amines) is 1. The molecule has 2 fully saturated rings. The molecule has 0 aromatic heterocycles. The van der Waals surface area contributed by atoms with Crippen molar-refractivity contribution in [3.63, 3.8) is 0 Å². The number of nitrogens with two attached hydrogens (primary N) is 1. The fourth-order valence-electron chi connectivity index (χ4n) is 2.51. The molecule has 0 amide bonds. The average molecular weight is 213 g/mol. The van der Waals surface area contributed by atoms with Gasteiger partial charge in [-0.25, -0.2) is 0 Å².